The molecule has 1 aliphatic rings. The zero-order valence-corrected chi connectivity index (χ0v) is 22.3. The molecule has 0 saturated carbocycles. The molecule has 1 heterocycles. The number of carbonyl (C=O) groups excluding carboxylic acids is 4. The maximum atomic E-state index is 12.8. The van der Waals surface area contributed by atoms with Crippen molar-refractivity contribution in [2.75, 3.05) is 51.8 Å². The first kappa shape index (κ1) is 30.4. The molecule has 13 heteroatoms. The highest BCUT2D eigenvalue weighted by atomic mass is 16.7. The smallest absolute Gasteiger partial charge is 0.431 e. The number of rotatable bonds is 13. The van der Waals surface area contributed by atoms with Crippen molar-refractivity contribution in [2.24, 2.45) is 0 Å². The minimum atomic E-state index is -0.694. The number of urea groups is 1. The van der Waals surface area contributed by atoms with Gasteiger partial charge in [0.2, 0.25) is 5.91 Å². The zero-order chi connectivity index (χ0) is 27.9. The number of esters is 1. The summed E-state index contributed by atoms with van der Waals surface area (Å²) in [5.41, 5.74) is 3.37. The fourth-order valence-electron chi connectivity index (χ4n) is 3.55. The molecule has 0 aromatic heterocycles. The topological polar surface area (TPSA) is 165 Å². The van der Waals surface area contributed by atoms with Crippen molar-refractivity contribution in [3.63, 3.8) is 0 Å². The minimum absolute atomic E-state index is 0.0622. The van der Waals surface area contributed by atoms with Crippen LogP contribution in [0.25, 0.3) is 0 Å². The highest BCUT2D eigenvalue weighted by Crippen LogP contribution is 2.22. The van der Waals surface area contributed by atoms with Crippen LogP contribution < -0.4 is 26.3 Å². The third-order valence-corrected chi connectivity index (χ3v) is 5.68. The molecule has 1 fully saturated rings. The van der Waals surface area contributed by atoms with Gasteiger partial charge < -0.3 is 35.3 Å². The molecular formula is C25H39N7O6. The third-order valence-electron chi connectivity index (χ3n) is 5.68. The summed E-state index contributed by atoms with van der Waals surface area (Å²) >= 11 is 0. The van der Waals surface area contributed by atoms with E-state index in [-0.39, 0.29) is 30.7 Å². The lowest BCUT2D eigenvalue weighted by Crippen LogP contribution is -2.46. The fourth-order valence-corrected chi connectivity index (χ4v) is 3.55. The number of amidine groups is 1. The van der Waals surface area contributed by atoms with Gasteiger partial charge in [0.05, 0.1) is 13.0 Å². The van der Waals surface area contributed by atoms with Crippen LogP contribution >= 0.6 is 0 Å². The van der Waals surface area contributed by atoms with Crippen molar-refractivity contribution in [2.45, 2.75) is 45.1 Å². The van der Waals surface area contributed by atoms with Gasteiger partial charge in [-0.15, -0.1) is 0 Å². The van der Waals surface area contributed by atoms with E-state index in [2.05, 4.69) is 28.4 Å². The number of likely N-dealkylation sites (N-methyl/N-ethyl adjacent to an activating group) is 1. The van der Waals surface area contributed by atoms with Gasteiger partial charge in [-0.25, -0.2) is 9.59 Å². The number of anilines is 1. The van der Waals surface area contributed by atoms with Gasteiger partial charge in [-0.05, 0) is 51.2 Å². The van der Waals surface area contributed by atoms with Crippen LogP contribution in [-0.2, 0) is 19.2 Å². The number of amides is 4. The number of nitrogens with one attached hydrogen (secondary N) is 5. The number of hydrogen-bond acceptors (Lipinski definition) is 8. The van der Waals surface area contributed by atoms with E-state index >= 15 is 0 Å². The second-order valence-corrected chi connectivity index (χ2v) is 9.05. The van der Waals surface area contributed by atoms with E-state index in [0.717, 1.165) is 19.3 Å². The molecular weight excluding hydrogens is 494 g/mol. The molecule has 0 bridgehead atoms. The third kappa shape index (κ3) is 10.6. The average molecular weight is 534 g/mol. The highest BCUT2D eigenvalue weighted by molar-refractivity contribution is 6.02. The molecule has 4 amide bonds. The minimum Gasteiger partial charge on any atom is -0.466 e. The lowest BCUT2D eigenvalue weighted by Gasteiger charge is -2.18. The number of hydroxylamine groups is 1. The van der Waals surface area contributed by atoms with Gasteiger partial charge in [0, 0.05) is 37.4 Å². The molecule has 0 aliphatic carbocycles. The Labute approximate surface area is 223 Å². The Hall–Kier alpha value is -3.87. The maximum absolute atomic E-state index is 12.8. The predicted octanol–water partition coefficient (Wildman–Crippen LogP) is 1.33. The molecule has 38 heavy (non-hydrogen) atoms. The summed E-state index contributed by atoms with van der Waals surface area (Å²) in [6, 6.07) is 5.39. The van der Waals surface area contributed by atoms with E-state index in [0.29, 0.717) is 43.9 Å². The molecule has 0 radical (unpaired) electrons. The van der Waals surface area contributed by atoms with Crippen LogP contribution in [0.4, 0.5) is 15.3 Å². The van der Waals surface area contributed by atoms with Crippen molar-refractivity contribution < 1.29 is 28.8 Å². The Bertz CT molecular complexity index is 954. The van der Waals surface area contributed by atoms with Crippen LogP contribution in [0.5, 0.6) is 0 Å². The monoisotopic (exact) mass is 533 g/mol. The van der Waals surface area contributed by atoms with E-state index in [1.807, 2.05) is 19.0 Å². The molecule has 1 aliphatic heterocycles. The Morgan fingerprint density at radius 2 is 1.84 bits per heavy atom. The second kappa shape index (κ2) is 16.1. The summed E-state index contributed by atoms with van der Waals surface area (Å²) in [7, 11) is 3.76. The number of ether oxygens (including phenoxy) is 1. The maximum Gasteiger partial charge on any atom is 0.431 e. The lowest BCUT2D eigenvalue weighted by atomic mass is 10.2. The first-order valence-corrected chi connectivity index (χ1v) is 12.8. The summed E-state index contributed by atoms with van der Waals surface area (Å²) in [5.74, 6) is -0.742. The van der Waals surface area contributed by atoms with Gasteiger partial charge in [0.25, 0.3) is 0 Å². The Morgan fingerprint density at radius 1 is 1.11 bits per heavy atom. The van der Waals surface area contributed by atoms with Crippen LogP contribution in [0, 0.1) is 5.41 Å². The molecule has 1 saturated heterocycles. The van der Waals surface area contributed by atoms with Crippen LogP contribution in [-0.4, -0.2) is 87.7 Å². The Kier molecular flexibility index (Phi) is 12.8. The van der Waals surface area contributed by atoms with Crippen LogP contribution in [0.3, 0.4) is 0 Å². The summed E-state index contributed by atoms with van der Waals surface area (Å²) in [5, 5.41) is 15.8. The average Bonchev–Trinajstić information content (AvgIpc) is 3.24. The van der Waals surface area contributed by atoms with Crippen LogP contribution in [0.2, 0.25) is 0 Å². The number of nitrogens with zero attached hydrogens (tertiary/aromatic N) is 2. The van der Waals surface area contributed by atoms with Gasteiger partial charge in [-0.2, -0.15) is 5.48 Å². The second-order valence-electron chi connectivity index (χ2n) is 9.05. The van der Waals surface area contributed by atoms with E-state index in [9.17, 15) is 19.2 Å². The largest absolute Gasteiger partial charge is 0.466 e. The molecule has 1 aromatic carbocycles. The van der Waals surface area contributed by atoms with Crippen molar-refractivity contribution in [1.29, 1.82) is 5.41 Å². The summed E-state index contributed by atoms with van der Waals surface area (Å²) in [6.45, 7) is 4.04. The SMILES string of the molecule is CCCCCOC(=O)CCNC(=O)N[C@H]1CCN(c2ccc(C(=N)NOC(=O)NCCN(C)C)cc2)C1=O. The van der Waals surface area contributed by atoms with Gasteiger partial charge in [-0.1, -0.05) is 19.8 Å². The number of hydrogen-bond donors (Lipinski definition) is 5. The molecule has 13 nitrogen and oxygen atoms in total. The van der Waals surface area contributed by atoms with Crippen molar-refractivity contribution in [1.82, 2.24) is 26.3 Å². The van der Waals surface area contributed by atoms with Crippen molar-refractivity contribution >= 4 is 35.5 Å². The molecule has 210 valence electrons. The van der Waals surface area contributed by atoms with Crippen molar-refractivity contribution in [3.8, 4) is 0 Å². The normalized spacial score (nSPS) is 14.7. The van der Waals surface area contributed by atoms with E-state index < -0.39 is 18.2 Å². The Morgan fingerprint density at radius 3 is 2.53 bits per heavy atom. The number of carbonyl (C=O) groups is 4. The van der Waals surface area contributed by atoms with E-state index in [1.54, 1.807) is 29.2 Å². The van der Waals surface area contributed by atoms with Gasteiger partial charge in [0.15, 0.2) is 5.84 Å². The van der Waals surface area contributed by atoms with Gasteiger partial charge >= 0.3 is 18.1 Å². The first-order chi connectivity index (χ1) is 18.2. The zero-order valence-electron chi connectivity index (χ0n) is 22.3. The molecule has 1 aromatic rings. The standard InChI is InChI=1S/C25H39N7O6/c1-4-5-6-17-37-21(33)11-13-27-24(35)29-20-12-15-32(23(20)34)19-9-7-18(8-10-19)22(26)30-38-25(36)28-14-16-31(2)3/h7-10,20H,4-6,11-17H2,1-3H3,(H2,26,30)(H,28,36)(H2,27,29,35)/t20-/m0/s1. The van der Waals surface area contributed by atoms with Gasteiger partial charge in [-0.3, -0.25) is 15.0 Å². The summed E-state index contributed by atoms with van der Waals surface area (Å²) in [6.07, 6.45) is 2.66. The quantitative estimate of drug-likeness (QED) is 0.0833. The van der Waals surface area contributed by atoms with E-state index in [1.165, 1.54) is 0 Å². The van der Waals surface area contributed by atoms with Crippen molar-refractivity contribution in [3.05, 3.63) is 29.8 Å². The lowest BCUT2D eigenvalue weighted by molar-refractivity contribution is -0.143. The number of benzene rings is 1. The summed E-state index contributed by atoms with van der Waals surface area (Å²) in [4.78, 5) is 56.6. The van der Waals surface area contributed by atoms with Gasteiger partial charge in [0.1, 0.15) is 6.04 Å². The molecule has 2 rings (SSSR count). The fraction of sp³-hybridized carbons (Fsp3) is 0.560. The van der Waals surface area contributed by atoms with E-state index in [4.69, 9.17) is 15.0 Å². The van der Waals surface area contributed by atoms with Crippen LogP contribution in [0.15, 0.2) is 24.3 Å². The summed E-state index contributed by atoms with van der Waals surface area (Å²) < 4.78 is 5.09. The number of unbranched alkanes of at least 4 members (excludes halogenated alkanes) is 2. The Balaban J connectivity index is 1.73. The molecule has 5 N–H and O–H groups in total. The molecule has 0 unspecified atom stereocenters. The highest BCUT2D eigenvalue weighted by Gasteiger charge is 2.33. The molecule has 0 spiro atoms. The van der Waals surface area contributed by atoms with Crippen LogP contribution in [0.1, 0.15) is 44.6 Å². The first-order valence-electron chi connectivity index (χ1n) is 12.8. The predicted molar refractivity (Wildman–Crippen MR) is 142 cm³/mol. The molecule has 1 atom stereocenters.